The highest BCUT2D eigenvalue weighted by molar-refractivity contribution is 5.94. The molecule has 0 N–H and O–H groups in total. The number of hydrogen-bond acceptors (Lipinski definition) is 5. The van der Waals surface area contributed by atoms with E-state index in [1.165, 1.54) is 30.7 Å². The third kappa shape index (κ3) is 5.60. The summed E-state index contributed by atoms with van der Waals surface area (Å²) in [5.41, 5.74) is 3.10. The summed E-state index contributed by atoms with van der Waals surface area (Å²) in [6.07, 6.45) is 3.43. The molecule has 1 saturated heterocycles. The van der Waals surface area contributed by atoms with E-state index < -0.39 is 0 Å². The maximum atomic E-state index is 13.5. The van der Waals surface area contributed by atoms with Gasteiger partial charge in [0.25, 0.3) is 5.91 Å². The molecule has 33 heavy (non-hydrogen) atoms. The number of benzene rings is 2. The zero-order chi connectivity index (χ0) is 23.2. The molecule has 2 aromatic carbocycles. The Labute approximate surface area is 194 Å². The summed E-state index contributed by atoms with van der Waals surface area (Å²) in [5, 5.41) is 4.44. The third-order valence-corrected chi connectivity index (χ3v) is 6.00. The lowest BCUT2D eigenvalue weighted by Gasteiger charge is -2.29. The van der Waals surface area contributed by atoms with Crippen LogP contribution in [0, 0.1) is 5.82 Å². The largest absolute Gasteiger partial charge is 0.340 e. The maximum absolute atomic E-state index is 13.5. The number of carbonyl (C=O) groups is 1. The zero-order valence-corrected chi connectivity index (χ0v) is 19.3. The van der Waals surface area contributed by atoms with Crippen molar-refractivity contribution in [3.8, 4) is 11.3 Å². The summed E-state index contributed by atoms with van der Waals surface area (Å²) < 4.78 is 19.3. The number of hydrogen-bond donors (Lipinski definition) is 0. The van der Waals surface area contributed by atoms with Gasteiger partial charge in [0.2, 0.25) is 5.88 Å². The molecule has 0 saturated carbocycles. The number of aromatic nitrogens is 1. The maximum Gasteiger partial charge on any atom is 0.254 e. The molecule has 3 aromatic rings. The first-order valence-electron chi connectivity index (χ1n) is 11.5. The fourth-order valence-corrected chi connectivity index (χ4v) is 4.15. The Balaban J connectivity index is 1.70. The van der Waals surface area contributed by atoms with Crippen LogP contribution >= 0.6 is 0 Å². The molecule has 0 aliphatic carbocycles. The van der Waals surface area contributed by atoms with Gasteiger partial charge in [-0.3, -0.25) is 4.79 Å². The third-order valence-electron chi connectivity index (χ3n) is 6.00. The smallest absolute Gasteiger partial charge is 0.254 e. The van der Waals surface area contributed by atoms with Crippen molar-refractivity contribution in [2.45, 2.75) is 25.8 Å². The normalized spacial score (nSPS) is 14.0. The molecule has 6 nitrogen and oxygen atoms in total. The predicted molar refractivity (Wildman–Crippen MR) is 128 cm³/mol. The topological polar surface area (TPSA) is 52.8 Å². The van der Waals surface area contributed by atoms with Crippen molar-refractivity contribution in [1.82, 2.24) is 15.0 Å². The van der Waals surface area contributed by atoms with E-state index in [1.54, 1.807) is 4.90 Å². The van der Waals surface area contributed by atoms with Crippen LogP contribution in [0.2, 0.25) is 0 Å². The number of piperidine rings is 1. The van der Waals surface area contributed by atoms with Gasteiger partial charge in [0.15, 0.2) is 0 Å². The van der Waals surface area contributed by atoms with Gasteiger partial charge < -0.3 is 19.2 Å². The van der Waals surface area contributed by atoms with Gasteiger partial charge in [-0.2, -0.15) is 0 Å². The standard InChI is InChI=1S/C26H31FN4O2/c1-29(2)17-18-31(25(32)21-11-13-22(27)14-12-21)19-23-24(20-9-5-3-6-10-20)28-33-26(23)30-15-7-4-8-16-30/h3,5-6,9-14H,4,7-8,15-19H2,1-2H3. The predicted octanol–water partition coefficient (Wildman–Crippen LogP) is 4.68. The monoisotopic (exact) mass is 450 g/mol. The number of rotatable bonds is 8. The summed E-state index contributed by atoms with van der Waals surface area (Å²) in [6.45, 7) is 3.43. The number of carbonyl (C=O) groups excluding carboxylic acids is 1. The first-order valence-corrected chi connectivity index (χ1v) is 11.5. The van der Waals surface area contributed by atoms with E-state index in [0.717, 1.165) is 48.6 Å². The van der Waals surface area contributed by atoms with Crippen LogP contribution < -0.4 is 4.90 Å². The molecule has 0 spiro atoms. The number of anilines is 1. The van der Waals surface area contributed by atoms with Crippen molar-refractivity contribution in [2.24, 2.45) is 0 Å². The Hall–Kier alpha value is -3.19. The number of likely N-dealkylation sites (N-methyl/N-ethyl adjacent to an activating group) is 1. The molecule has 1 aliphatic heterocycles. The first kappa shape index (κ1) is 23.0. The van der Waals surface area contributed by atoms with Gasteiger partial charge in [0.1, 0.15) is 11.5 Å². The van der Waals surface area contributed by atoms with Gasteiger partial charge >= 0.3 is 0 Å². The first-order chi connectivity index (χ1) is 16.0. The van der Waals surface area contributed by atoms with Crippen LogP contribution in [0.25, 0.3) is 11.3 Å². The fourth-order valence-electron chi connectivity index (χ4n) is 4.15. The molecule has 0 bridgehead atoms. The van der Waals surface area contributed by atoms with Crippen LogP contribution in [-0.4, -0.2) is 61.1 Å². The van der Waals surface area contributed by atoms with Gasteiger partial charge in [-0.1, -0.05) is 35.5 Å². The van der Waals surface area contributed by atoms with E-state index in [-0.39, 0.29) is 11.7 Å². The molecule has 0 atom stereocenters. The highest BCUT2D eigenvalue weighted by Crippen LogP contribution is 2.34. The van der Waals surface area contributed by atoms with Crippen molar-refractivity contribution >= 4 is 11.8 Å². The highest BCUT2D eigenvalue weighted by atomic mass is 19.1. The fraction of sp³-hybridized carbons (Fsp3) is 0.385. The lowest BCUT2D eigenvalue weighted by Crippen LogP contribution is -2.37. The molecular formula is C26H31FN4O2. The van der Waals surface area contributed by atoms with E-state index in [1.807, 2.05) is 49.3 Å². The van der Waals surface area contributed by atoms with Gasteiger partial charge in [-0.05, 0) is 57.6 Å². The molecule has 0 unspecified atom stereocenters. The van der Waals surface area contributed by atoms with E-state index in [2.05, 4.69) is 10.1 Å². The van der Waals surface area contributed by atoms with Gasteiger partial charge in [0, 0.05) is 37.3 Å². The summed E-state index contributed by atoms with van der Waals surface area (Å²) >= 11 is 0. The van der Waals surface area contributed by atoms with Gasteiger partial charge in [0.05, 0.1) is 12.1 Å². The van der Waals surface area contributed by atoms with E-state index >= 15 is 0 Å². The van der Waals surface area contributed by atoms with E-state index in [4.69, 9.17) is 4.52 Å². The number of halogens is 1. The van der Waals surface area contributed by atoms with Crippen molar-refractivity contribution in [3.05, 3.63) is 71.5 Å². The Bertz CT molecular complexity index is 1040. The summed E-state index contributed by atoms with van der Waals surface area (Å²) in [7, 11) is 3.96. The zero-order valence-electron chi connectivity index (χ0n) is 19.3. The average molecular weight is 451 g/mol. The van der Waals surface area contributed by atoms with Crippen molar-refractivity contribution < 1.29 is 13.7 Å². The Kier molecular flexibility index (Phi) is 7.40. The van der Waals surface area contributed by atoms with Crippen LogP contribution in [0.3, 0.4) is 0 Å². The Morgan fingerprint density at radius 2 is 1.70 bits per heavy atom. The molecular weight excluding hydrogens is 419 g/mol. The quantitative estimate of drug-likeness (QED) is 0.499. The Morgan fingerprint density at radius 3 is 2.36 bits per heavy atom. The van der Waals surface area contributed by atoms with Crippen molar-refractivity contribution in [3.63, 3.8) is 0 Å². The SMILES string of the molecule is CN(C)CCN(Cc1c(-c2ccccc2)noc1N1CCCCC1)C(=O)c1ccc(F)cc1. The van der Waals surface area contributed by atoms with Crippen LogP contribution in [0.1, 0.15) is 35.2 Å². The van der Waals surface area contributed by atoms with Gasteiger partial charge in [-0.25, -0.2) is 4.39 Å². The van der Waals surface area contributed by atoms with Crippen LogP contribution in [-0.2, 0) is 6.54 Å². The van der Waals surface area contributed by atoms with E-state index in [9.17, 15) is 9.18 Å². The Morgan fingerprint density at radius 1 is 1.00 bits per heavy atom. The molecule has 4 rings (SSSR count). The van der Waals surface area contributed by atoms with Crippen molar-refractivity contribution in [2.75, 3.05) is 45.2 Å². The van der Waals surface area contributed by atoms with Crippen LogP contribution in [0.4, 0.5) is 10.3 Å². The minimum Gasteiger partial charge on any atom is -0.340 e. The average Bonchev–Trinajstić information content (AvgIpc) is 3.26. The number of nitrogens with zero attached hydrogens (tertiary/aromatic N) is 4. The molecule has 1 amide bonds. The summed E-state index contributed by atoms with van der Waals surface area (Å²) in [4.78, 5) is 19.5. The molecule has 0 radical (unpaired) electrons. The lowest BCUT2D eigenvalue weighted by atomic mass is 10.0. The molecule has 1 aliphatic rings. The van der Waals surface area contributed by atoms with Gasteiger partial charge in [-0.15, -0.1) is 0 Å². The van der Waals surface area contributed by atoms with E-state index in [0.29, 0.717) is 25.2 Å². The van der Waals surface area contributed by atoms with Crippen molar-refractivity contribution in [1.29, 1.82) is 0 Å². The van der Waals surface area contributed by atoms with Crippen LogP contribution in [0.5, 0.6) is 0 Å². The van der Waals surface area contributed by atoms with Crippen LogP contribution in [0.15, 0.2) is 59.1 Å². The molecule has 174 valence electrons. The second kappa shape index (κ2) is 10.6. The minimum absolute atomic E-state index is 0.137. The number of amides is 1. The highest BCUT2D eigenvalue weighted by Gasteiger charge is 2.27. The summed E-state index contributed by atoms with van der Waals surface area (Å²) in [5.74, 6) is 0.251. The molecule has 7 heteroatoms. The molecule has 2 heterocycles. The lowest BCUT2D eigenvalue weighted by molar-refractivity contribution is 0.0732. The second-order valence-electron chi connectivity index (χ2n) is 8.77. The second-order valence-corrected chi connectivity index (χ2v) is 8.77. The molecule has 1 fully saturated rings. The molecule has 1 aromatic heterocycles. The minimum atomic E-state index is -0.357. The summed E-state index contributed by atoms with van der Waals surface area (Å²) in [6, 6.07) is 15.7.